The molecule has 0 aromatic carbocycles. The molecule has 0 aromatic heterocycles. The highest BCUT2D eigenvalue weighted by Crippen LogP contribution is 2.75. The molecule has 7 nitrogen and oxygen atoms in total. The van der Waals surface area contributed by atoms with Crippen molar-refractivity contribution < 1.29 is 28.9 Å². The number of aliphatic carboxylic acids is 1. The SMILES string of the molecule is CC(=O)O[C@@H]1C[C@]23COC[C@@](C)([C@@H]2CC[C@H]2C3=CC[C@@]3(C)[C@H](C(=O)O)[C@@](C)([C@H](C)C(C)C)CC[C@]23C)[C@H]1OCC(C)CN. The third-order valence-electron chi connectivity index (χ3n) is 14.3. The van der Waals surface area contributed by atoms with Gasteiger partial charge in [-0.2, -0.15) is 0 Å². The van der Waals surface area contributed by atoms with Crippen LogP contribution in [-0.4, -0.2) is 55.6 Å². The van der Waals surface area contributed by atoms with Crippen LogP contribution in [0, 0.1) is 62.6 Å². The molecule has 0 spiro atoms. The van der Waals surface area contributed by atoms with Gasteiger partial charge < -0.3 is 25.1 Å². The van der Waals surface area contributed by atoms with Gasteiger partial charge in [0, 0.05) is 17.8 Å². The lowest BCUT2D eigenvalue weighted by atomic mass is 9.34. The summed E-state index contributed by atoms with van der Waals surface area (Å²) in [6.45, 7) is 21.8. The van der Waals surface area contributed by atoms with E-state index in [9.17, 15) is 14.7 Å². The average molecular weight is 602 g/mol. The van der Waals surface area contributed by atoms with Gasteiger partial charge in [-0.1, -0.05) is 67.0 Å². The second-order valence-corrected chi connectivity index (χ2v) is 16.8. The highest BCUT2D eigenvalue weighted by molar-refractivity contribution is 5.73. The van der Waals surface area contributed by atoms with Gasteiger partial charge in [0.1, 0.15) is 12.2 Å². The number of nitrogens with two attached hydrogens (primary N) is 1. The number of esters is 1. The van der Waals surface area contributed by atoms with Gasteiger partial charge in [-0.15, -0.1) is 0 Å². The van der Waals surface area contributed by atoms with Crippen molar-refractivity contribution in [2.75, 3.05) is 26.4 Å². The highest BCUT2D eigenvalue weighted by atomic mass is 16.6. The zero-order valence-electron chi connectivity index (χ0n) is 28.3. The molecule has 2 bridgehead atoms. The normalized spacial score (nSPS) is 47.0. The largest absolute Gasteiger partial charge is 0.481 e. The lowest BCUT2D eigenvalue weighted by Gasteiger charge is -2.71. The lowest BCUT2D eigenvalue weighted by molar-refractivity contribution is -0.268. The molecule has 5 aliphatic rings. The maximum Gasteiger partial charge on any atom is 0.307 e. The van der Waals surface area contributed by atoms with Crippen LogP contribution in [0.2, 0.25) is 0 Å². The van der Waals surface area contributed by atoms with Crippen LogP contribution in [0.15, 0.2) is 11.6 Å². The summed E-state index contributed by atoms with van der Waals surface area (Å²) in [5, 5.41) is 10.9. The van der Waals surface area contributed by atoms with Crippen molar-refractivity contribution in [3.63, 3.8) is 0 Å². The highest BCUT2D eigenvalue weighted by Gasteiger charge is 2.72. The fourth-order valence-electron chi connectivity index (χ4n) is 11.5. The molecule has 12 atom stereocenters. The number of allylic oxidation sites excluding steroid dienone is 1. The van der Waals surface area contributed by atoms with E-state index in [4.69, 9.17) is 19.9 Å². The summed E-state index contributed by atoms with van der Waals surface area (Å²) >= 11 is 0. The Morgan fingerprint density at radius 1 is 1.07 bits per heavy atom. The molecule has 0 amide bonds. The first kappa shape index (κ1) is 32.9. The fourth-order valence-corrected chi connectivity index (χ4v) is 11.5. The minimum Gasteiger partial charge on any atom is -0.481 e. The van der Waals surface area contributed by atoms with Crippen LogP contribution in [0.3, 0.4) is 0 Å². The van der Waals surface area contributed by atoms with Gasteiger partial charge >= 0.3 is 11.9 Å². The second-order valence-electron chi connectivity index (χ2n) is 16.8. The molecule has 4 fully saturated rings. The Labute approximate surface area is 260 Å². The Morgan fingerprint density at radius 2 is 1.77 bits per heavy atom. The van der Waals surface area contributed by atoms with E-state index in [1.807, 2.05) is 0 Å². The van der Waals surface area contributed by atoms with Crippen LogP contribution in [0.4, 0.5) is 0 Å². The van der Waals surface area contributed by atoms with Crippen LogP contribution in [0.5, 0.6) is 0 Å². The summed E-state index contributed by atoms with van der Waals surface area (Å²) in [6, 6.07) is 0. The summed E-state index contributed by atoms with van der Waals surface area (Å²) in [6.07, 6.45) is 7.32. The molecular weight excluding hydrogens is 542 g/mol. The maximum atomic E-state index is 13.3. The molecule has 3 saturated carbocycles. The summed E-state index contributed by atoms with van der Waals surface area (Å²) in [5.74, 6) is 0.237. The Bertz CT molecular complexity index is 1140. The van der Waals surface area contributed by atoms with Crippen molar-refractivity contribution in [1.82, 2.24) is 0 Å². The molecule has 5 rings (SSSR count). The van der Waals surface area contributed by atoms with Crippen molar-refractivity contribution in [2.24, 2.45) is 68.3 Å². The standard InChI is InChI=1S/C36H59NO6/c1-21(2)23(4)32(6)14-15-34(8)25-10-11-28-33(7)19-41-20-36(28,26(25)12-13-35(34,9)29(32)31(39)40)16-27(43-24(5)38)30(33)42-18-22(3)17-37/h12,21-23,25,27-30H,10-11,13-20,37H2,1-9H3,(H,39,40)/t22?,23-,25+,27-,28+,29-,30+,32-,33+,34-,35+,36-/m1/s1. The van der Waals surface area contributed by atoms with Gasteiger partial charge in [0.2, 0.25) is 0 Å². The van der Waals surface area contributed by atoms with Crippen LogP contribution in [0.1, 0.15) is 101 Å². The summed E-state index contributed by atoms with van der Waals surface area (Å²) in [5.41, 5.74) is 6.06. The van der Waals surface area contributed by atoms with Gasteiger partial charge in [0.15, 0.2) is 0 Å². The van der Waals surface area contributed by atoms with Crippen molar-refractivity contribution in [1.29, 1.82) is 0 Å². The van der Waals surface area contributed by atoms with E-state index >= 15 is 0 Å². The molecule has 244 valence electrons. The Hall–Kier alpha value is -1.44. The number of carboxylic acid groups (broad SMARTS) is 1. The molecule has 0 radical (unpaired) electrons. The van der Waals surface area contributed by atoms with Gasteiger partial charge in [-0.05, 0) is 90.9 Å². The molecular formula is C36H59NO6. The van der Waals surface area contributed by atoms with Crippen LogP contribution >= 0.6 is 0 Å². The van der Waals surface area contributed by atoms with Crippen molar-refractivity contribution in [2.45, 2.75) is 113 Å². The van der Waals surface area contributed by atoms with E-state index in [1.54, 1.807) is 0 Å². The molecule has 0 aromatic rings. The van der Waals surface area contributed by atoms with Gasteiger partial charge in [0.25, 0.3) is 0 Å². The van der Waals surface area contributed by atoms with E-state index in [2.05, 4.69) is 61.5 Å². The number of fused-ring (bicyclic) bond motifs is 3. The molecule has 3 N–H and O–H groups in total. The van der Waals surface area contributed by atoms with E-state index in [0.717, 1.165) is 32.1 Å². The number of carbonyl (C=O) groups is 2. The fraction of sp³-hybridized carbons (Fsp3) is 0.889. The number of hydrogen-bond acceptors (Lipinski definition) is 6. The Morgan fingerprint density at radius 3 is 2.37 bits per heavy atom. The molecule has 43 heavy (non-hydrogen) atoms. The summed E-state index contributed by atoms with van der Waals surface area (Å²) < 4.78 is 19.3. The second kappa shape index (κ2) is 11.1. The zero-order valence-corrected chi connectivity index (χ0v) is 28.3. The van der Waals surface area contributed by atoms with Crippen LogP contribution in [-0.2, 0) is 23.8 Å². The van der Waals surface area contributed by atoms with Crippen LogP contribution in [0.25, 0.3) is 0 Å². The quantitative estimate of drug-likeness (QED) is 0.242. The summed E-state index contributed by atoms with van der Waals surface area (Å²) in [4.78, 5) is 25.8. The van der Waals surface area contributed by atoms with Crippen molar-refractivity contribution in [3.8, 4) is 0 Å². The van der Waals surface area contributed by atoms with E-state index in [0.29, 0.717) is 50.5 Å². The first-order chi connectivity index (χ1) is 20.0. The predicted octanol–water partition coefficient (Wildman–Crippen LogP) is 6.49. The van der Waals surface area contributed by atoms with Gasteiger partial charge in [-0.3, -0.25) is 9.59 Å². The first-order valence-electron chi connectivity index (χ1n) is 17.0. The Balaban J connectivity index is 1.58. The van der Waals surface area contributed by atoms with Crippen molar-refractivity contribution in [3.05, 3.63) is 11.6 Å². The van der Waals surface area contributed by atoms with Crippen molar-refractivity contribution >= 4 is 11.9 Å². The smallest absolute Gasteiger partial charge is 0.307 e. The zero-order chi connectivity index (χ0) is 31.8. The number of carboxylic acids is 1. The Kier molecular flexibility index (Phi) is 8.52. The topological polar surface area (TPSA) is 108 Å². The number of ether oxygens (including phenoxy) is 3. The molecule has 4 aliphatic carbocycles. The van der Waals surface area contributed by atoms with E-state index in [1.165, 1.54) is 12.5 Å². The van der Waals surface area contributed by atoms with Gasteiger partial charge in [0.05, 0.1) is 25.7 Å². The molecule has 1 heterocycles. The molecule has 7 heteroatoms. The third-order valence-corrected chi connectivity index (χ3v) is 14.3. The first-order valence-corrected chi connectivity index (χ1v) is 17.0. The maximum absolute atomic E-state index is 13.3. The lowest BCUT2D eigenvalue weighted by Crippen LogP contribution is -2.70. The number of rotatable bonds is 8. The predicted molar refractivity (Wildman–Crippen MR) is 167 cm³/mol. The van der Waals surface area contributed by atoms with Crippen LogP contribution < -0.4 is 5.73 Å². The molecule has 1 saturated heterocycles. The van der Waals surface area contributed by atoms with E-state index < -0.39 is 11.9 Å². The van der Waals surface area contributed by atoms with Gasteiger partial charge in [-0.25, -0.2) is 0 Å². The minimum absolute atomic E-state index is 0.148. The number of hydrogen-bond donors (Lipinski definition) is 2. The molecule has 1 unspecified atom stereocenters. The number of carbonyl (C=O) groups excluding carboxylic acids is 1. The van der Waals surface area contributed by atoms with E-state index in [-0.39, 0.29) is 57.1 Å². The monoisotopic (exact) mass is 601 g/mol. The average Bonchev–Trinajstić information content (AvgIpc) is 2.92. The minimum atomic E-state index is -0.639. The molecule has 1 aliphatic heterocycles. The third kappa shape index (κ3) is 4.68. The summed E-state index contributed by atoms with van der Waals surface area (Å²) in [7, 11) is 0.